The molecule has 0 spiro atoms. The molecule has 0 saturated heterocycles. The first-order valence-corrected chi connectivity index (χ1v) is 8.48. The van der Waals surface area contributed by atoms with Gasteiger partial charge < -0.3 is 5.32 Å². The monoisotopic (exact) mass is 357 g/mol. The van der Waals surface area contributed by atoms with E-state index in [1.54, 1.807) is 48.5 Å². The van der Waals surface area contributed by atoms with Crippen molar-refractivity contribution in [2.45, 2.75) is 6.92 Å². The molecule has 0 aliphatic rings. The van der Waals surface area contributed by atoms with Crippen LogP contribution in [0.3, 0.4) is 0 Å². The maximum atomic E-state index is 12.3. The molecule has 2 N–H and O–H groups in total. The van der Waals surface area contributed by atoms with E-state index in [1.807, 2.05) is 37.3 Å². The summed E-state index contributed by atoms with van der Waals surface area (Å²) in [6, 6.07) is 23.4. The Balaban J connectivity index is 1.62. The lowest BCUT2D eigenvalue weighted by atomic mass is 10.1. The Morgan fingerprint density at radius 3 is 2.26 bits per heavy atom. The lowest BCUT2D eigenvalue weighted by Crippen LogP contribution is -2.17. The molecule has 0 saturated carbocycles. The average Bonchev–Trinajstić information content (AvgIpc) is 2.69. The summed E-state index contributed by atoms with van der Waals surface area (Å²) in [7, 11) is 0. The molecule has 0 fully saturated rings. The first kappa shape index (κ1) is 18.1. The summed E-state index contributed by atoms with van der Waals surface area (Å²) in [4.78, 5) is 24.2. The molecule has 5 heteroatoms. The van der Waals surface area contributed by atoms with Gasteiger partial charge in [-0.1, -0.05) is 48.0 Å². The Kier molecular flexibility index (Phi) is 5.74. The van der Waals surface area contributed by atoms with Gasteiger partial charge in [-0.05, 0) is 48.9 Å². The predicted molar refractivity (Wildman–Crippen MR) is 107 cm³/mol. The van der Waals surface area contributed by atoms with Gasteiger partial charge in [0.2, 0.25) is 0 Å². The van der Waals surface area contributed by atoms with Gasteiger partial charge in [0.05, 0.1) is 6.21 Å². The van der Waals surface area contributed by atoms with Crippen LogP contribution >= 0.6 is 0 Å². The second kappa shape index (κ2) is 8.58. The number of nitrogens with one attached hydrogen (secondary N) is 2. The Morgan fingerprint density at radius 1 is 0.815 bits per heavy atom. The number of hydrazone groups is 1. The molecule has 0 aliphatic carbocycles. The number of nitrogens with zero attached hydrogens (tertiary/aromatic N) is 1. The van der Waals surface area contributed by atoms with Crippen LogP contribution in [-0.2, 0) is 0 Å². The van der Waals surface area contributed by atoms with E-state index >= 15 is 0 Å². The second-order valence-electron chi connectivity index (χ2n) is 6.01. The van der Waals surface area contributed by atoms with E-state index in [1.165, 1.54) is 6.21 Å². The van der Waals surface area contributed by atoms with Crippen molar-refractivity contribution in [3.63, 3.8) is 0 Å². The van der Waals surface area contributed by atoms with E-state index in [2.05, 4.69) is 15.8 Å². The van der Waals surface area contributed by atoms with Gasteiger partial charge in [0.1, 0.15) is 0 Å². The largest absolute Gasteiger partial charge is 0.322 e. The maximum Gasteiger partial charge on any atom is 0.271 e. The lowest BCUT2D eigenvalue weighted by molar-refractivity contribution is 0.0954. The molecule has 3 rings (SSSR count). The van der Waals surface area contributed by atoms with Crippen LogP contribution < -0.4 is 10.7 Å². The third kappa shape index (κ3) is 5.12. The Morgan fingerprint density at radius 2 is 1.52 bits per heavy atom. The van der Waals surface area contributed by atoms with Crippen LogP contribution in [0.25, 0.3) is 0 Å². The third-order valence-electron chi connectivity index (χ3n) is 3.87. The fourth-order valence-electron chi connectivity index (χ4n) is 2.42. The summed E-state index contributed by atoms with van der Waals surface area (Å²) < 4.78 is 0. The summed E-state index contributed by atoms with van der Waals surface area (Å²) in [5.74, 6) is -0.461. The van der Waals surface area contributed by atoms with Gasteiger partial charge >= 0.3 is 0 Å². The number of rotatable bonds is 5. The molecule has 0 aliphatic heterocycles. The highest BCUT2D eigenvalue weighted by Gasteiger charge is 2.06. The molecule has 0 unspecified atom stereocenters. The van der Waals surface area contributed by atoms with Crippen molar-refractivity contribution in [1.29, 1.82) is 0 Å². The topological polar surface area (TPSA) is 70.6 Å². The summed E-state index contributed by atoms with van der Waals surface area (Å²) in [6.45, 7) is 1.97. The molecule has 0 heterocycles. The number of anilines is 1. The van der Waals surface area contributed by atoms with Crippen molar-refractivity contribution in [2.24, 2.45) is 5.10 Å². The maximum absolute atomic E-state index is 12.3. The SMILES string of the molecule is Cc1ccc(C(=O)Nc2cccc(/C=N/NC(=O)c3ccccc3)c2)cc1. The Bertz CT molecular complexity index is 964. The molecule has 0 aromatic heterocycles. The minimum Gasteiger partial charge on any atom is -0.322 e. The molecule has 27 heavy (non-hydrogen) atoms. The van der Waals surface area contributed by atoms with Gasteiger partial charge in [-0.2, -0.15) is 5.10 Å². The minimum absolute atomic E-state index is 0.179. The van der Waals surface area contributed by atoms with Gasteiger partial charge in [-0.25, -0.2) is 5.43 Å². The molecule has 2 amide bonds. The van der Waals surface area contributed by atoms with Crippen LogP contribution in [0.4, 0.5) is 5.69 Å². The number of benzene rings is 3. The number of carbonyl (C=O) groups is 2. The van der Waals surface area contributed by atoms with E-state index in [-0.39, 0.29) is 11.8 Å². The van der Waals surface area contributed by atoms with Gasteiger partial charge in [-0.3, -0.25) is 9.59 Å². The molecule has 3 aromatic carbocycles. The number of aryl methyl sites for hydroxylation is 1. The van der Waals surface area contributed by atoms with E-state index in [0.29, 0.717) is 16.8 Å². The summed E-state index contributed by atoms with van der Waals surface area (Å²) >= 11 is 0. The van der Waals surface area contributed by atoms with Gasteiger partial charge in [0.15, 0.2) is 0 Å². The molecular weight excluding hydrogens is 338 g/mol. The zero-order valence-corrected chi connectivity index (χ0v) is 14.8. The Hall–Kier alpha value is -3.73. The van der Waals surface area contributed by atoms with Crippen molar-refractivity contribution in [2.75, 3.05) is 5.32 Å². The van der Waals surface area contributed by atoms with Crippen molar-refractivity contribution >= 4 is 23.7 Å². The predicted octanol–water partition coefficient (Wildman–Crippen LogP) is 4.01. The number of hydrogen-bond donors (Lipinski definition) is 2. The van der Waals surface area contributed by atoms with Crippen molar-refractivity contribution in [3.05, 3.63) is 101 Å². The van der Waals surface area contributed by atoms with Crippen molar-refractivity contribution in [3.8, 4) is 0 Å². The fraction of sp³-hybridized carbons (Fsp3) is 0.0455. The second-order valence-corrected chi connectivity index (χ2v) is 6.01. The molecular formula is C22H19N3O2. The number of amides is 2. The van der Waals surface area contributed by atoms with Crippen LogP contribution in [0.5, 0.6) is 0 Å². The van der Waals surface area contributed by atoms with Crippen molar-refractivity contribution < 1.29 is 9.59 Å². The van der Waals surface area contributed by atoms with Gasteiger partial charge in [-0.15, -0.1) is 0 Å². The minimum atomic E-state index is -0.282. The van der Waals surface area contributed by atoms with Crippen LogP contribution in [0.2, 0.25) is 0 Å². The normalized spacial score (nSPS) is 10.6. The highest BCUT2D eigenvalue weighted by molar-refractivity contribution is 6.04. The van der Waals surface area contributed by atoms with Crippen molar-refractivity contribution in [1.82, 2.24) is 5.43 Å². The first-order chi connectivity index (χ1) is 13.1. The zero-order chi connectivity index (χ0) is 19.1. The zero-order valence-electron chi connectivity index (χ0n) is 14.8. The smallest absolute Gasteiger partial charge is 0.271 e. The van der Waals surface area contributed by atoms with E-state index < -0.39 is 0 Å². The third-order valence-corrected chi connectivity index (χ3v) is 3.87. The van der Waals surface area contributed by atoms with Gasteiger partial charge in [0, 0.05) is 16.8 Å². The van der Waals surface area contributed by atoms with Crippen LogP contribution in [-0.4, -0.2) is 18.0 Å². The van der Waals surface area contributed by atoms with Crippen LogP contribution in [0.15, 0.2) is 84.0 Å². The quantitative estimate of drug-likeness (QED) is 0.535. The summed E-state index contributed by atoms with van der Waals surface area (Å²) in [5.41, 5.74) is 6.12. The summed E-state index contributed by atoms with van der Waals surface area (Å²) in [5, 5.41) is 6.82. The fourth-order valence-corrected chi connectivity index (χ4v) is 2.42. The highest BCUT2D eigenvalue weighted by atomic mass is 16.2. The number of carbonyl (C=O) groups excluding carboxylic acids is 2. The molecule has 3 aromatic rings. The van der Waals surface area contributed by atoms with E-state index in [9.17, 15) is 9.59 Å². The molecule has 0 radical (unpaired) electrons. The standard InChI is InChI=1S/C22H19N3O2/c1-16-10-12-19(13-11-16)21(26)24-20-9-5-6-17(14-20)15-23-25-22(27)18-7-3-2-4-8-18/h2-15H,1H3,(H,24,26)(H,25,27)/b23-15+. The van der Waals surface area contributed by atoms with Crippen LogP contribution in [0.1, 0.15) is 31.8 Å². The highest BCUT2D eigenvalue weighted by Crippen LogP contribution is 2.12. The van der Waals surface area contributed by atoms with E-state index in [4.69, 9.17) is 0 Å². The van der Waals surface area contributed by atoms with Crippen LogP contribution in [0, 0.1) is 6.92 Å². The van der Waals surface area contributed by atoms with E-state index in [0.717, 1.165) is 11.1 Å². The molecule has 5 nitrogen and oxygen atoms in total. The van der Waals surface area contributed by atoms with Gasteiger partial charge in [0.25, 0.3) is 11.8 Å². The first-order valence-electron chi connectivity index (χ1n) is 8.48. The molecule has 0 bridgehead atoms. The lowest BCUT2D eigenvalue weighted by Gasteiger charge is -2.06. The molecule has 134 valence electrons. The Labute approximate surface area is 157 Å². The molecule has 0 atom stereocenters. The number of hydrogen-bond acceptors (Lipinski definition) is 3. The average molecular weight is 357 g/mol. The summed E-state index contributed by atoms with van der Waals surface area (Å²) in [6.07, 6.45) is 1.53.